The Hall–Kier alpha value is -1.28. The van der Waals surface area contributed by atoms with Crippen molar-refractivity contribution in [2.45, 2.75) is 24.8 Å². The van der Waals surface area contributed by atoms with Crippen LogP contribution in [0.5, 0.6) is 0 Å². The van der Waals surface area contributed by atoms with Gasteiger partial charge in [-0.2, -0.15) is 0 Å². The fourth-order valence-corrected chi connectivity index (χ4v) is 4.59. The minimum Gasteiger partial charge on any atom is -0.387 e. The van der Waals surface area contributed by atoms with Gasteiger partial charge in [0.25, 0.3) is 0 Å². The van der Waals surface area contributed by atoms with E-state index in [9.17, 15) is 17.9 Å². The minimum absolute atomic E-state index is 0.0680. The number of sulfonamides is 1. The number of hydrogen-bond donors (Lipinski definition) is 2. The van der Waals surface area contributed by atoms with Gasteiger partial charge in [-0.1, -0.05) is 18.2 Å². The second-order valence-corrected chi connectivity index (χ2v) is 7.86. The highest BCUT2D eigenvalue weighted by atomic mass is 32.2. The van der Waals surface area contributed by atoms with Gasteiger partial charge in [0, 0.05) is 21.9 Å². The number of aliphatic hydroxyl groups is 1. The monoisotopic (exact) mass is 329 g/mol. The second kappa shape index (κ2) is 6.23. The first-order valence-electron chi connectivity index (χ1n) is 6.30. The van der Waals surface area contributed by atoms with E-state index in [2.05, 4.69) is 4.72 Å². The maximum atomic E-state index is 13.5. The molecule has 1 unspecified atom stereocenters. The topological polar surface area (TPSA) is 66.4 Å². The molecule has 0 fully saturated rings. The fourth-order valence-electron chi connectivity index (χ4n) is 2.00. The van der Waals surface area contributed by atoms with Crippen molar-refractivity contribution >= 4 is 21.4 Å². The molecule has 2 N–H and O–H groups in total. The van der Waals surface area contributed by atoms with Crippen molar-refractivity contribution in [3.63, 3.8) is 0 Å². The van der Waals surface area contributed by atoms with E-state index >= 15 is 0 Å². The Labute approximate surface area is 127 Å². The molecular formula is C14H16FNO3S2. The van der Waals surface area contributed by atoms with Gasteiger partial charge in [0.2, 0.25) is 10.0 Å². The average Bonchev–Trinajstić information content (AvgIpc) is 2.76. The quantitative estimate of drug-likeness (QED) is 0.886. The summed E-state index contributed by atoms with van der Waals surface area (Å²) in [6, 6.07) is 7.32. The standard InChI is InChI=1S/C14H16FNO3S2/c1-9-7-14(10(2)20-9)21(18,19)16-8-13(17)11-5-3-4-6-12(11)15/h3-7,13,16-17H,8H2,1-2H3. The van der Waals surface area contributed by atoms with E-state index in [1.54, 1.807) is 19.1 Å². The summed E-state index contributed by atoms with van der Waals surface area (Å²) < 4.78 is 40.2. The molecule has 0 amide bonds. The maximum absolute atomic E-state index is 13.5. The first-order chi connectivity index (χ1) is 9.81. The summed E-state index contributed by atoms with van der Waals surface area (Å²) in [5, 5.41) is 9.92. The molecule has 1 aromatic heterocycles. The van der Waals surface area contributed by atoms with Crippen molar-refractivity contribution in [3.05, 3.63) is 51.5 Å². The first-order valence-corrected chi connectivity index (χ1v) is 8.60. The number of aliphatic hydroxyl groups excluding tert-OH is 1. The summed E-state index contributed by atoms with van der Waals surface area (Å²) in [4.78, 5) is 1.77. The van der Waals surface area contributed by atoms with Crippen LogP contribution >= 0.6 is 11.3 Å². The van der Waals surface area contributed by atoms with Crippen molar-refractivity contribution in [1.82, 2.24) is 4.72 Å². The lowest BCUT2D eigenvalue weighted by Gasteiger charge is -2.13. The van der Waals surface area contributed by atoms with Crippen LogP contribution < -0.4 is 4.72 Å². The Balaban J connectivity index is 2.12. The van der Waals surface area contributed by atoms with E-state index < -0.39 is 21.9 Å². The molecule has 0 bridgehead atoms. The normalized spacial score (nSPS) is 13.3. The molecule has 1 heterocycles. The van der Waals surface area contributed by atoms with Gasteiger partial charge in [0.15, 0.2) is 0 Å². The average molecular weight is 329 g/mol. The van der Waals surface area contributed by atoms with Crippen LogP contribution in [-0.2, 0) is 10.0 Å². The Bertz CT molecular complexity index is 740. The highest BCUT2D eigenvalue weighted by molar-refractivity contribution is 7.89. The van der Waals surface area contributed by atoms with Crippen LogP contribution in [0.3, 0.4) is 0 Å². The number of rotatable bonds is 5. The molecule has 0 aliphatic rings. The van der Waals surface area contributed by atoms with E-state index in [4.69, 9.17) is 0 Å². The zero-order chi connectivity index (χ0) is 15.6. The largest absolute Gasteiger partial charge is 0.387 e. The Morgan fingerprint density at radius 1 is 1.33 bits per heavy atom. The molecule has 0 aliphatic heterocycles. The molecule has 4 nitrogen and oxygen atoms in total. The third-order valence-electron chi connectivity index (χ3n) is 3.02. The number of nitrogens with one attached hydrogen (secondary N) is 1. The van der Waals surface area contributed by atoms with Gasteiger partial charge in [0.1, 0.15) is 5.82 Å². The van der Waals surface area contributed by atoms with Crippen molar-refractivity contribution in [2.75, 3.05) is 6.54 Å². The van der Waals surface area contributed by atoms with Crippen LogP contribution in [0.25, 0.3) is 0 Å². The van der Waals surface area contributed by atoms with Gasteiger partial charge in [-0.15, -0.1) is 11.3 Å². The molecule has 2 aromatic rings. The number of thiophene rings is 1. The van der Waals surface area contributed by atoms with E-state index in [1.807, 2.05) is 6.92 Å². The lowest BCUT2D eigenvalue weighted by atomic mass is 10.1. The molecular weight excluding hydrogens is 313 g/mol. The summed E-state index contributed by atoms with van der Waals surface area (Å²) in [7, 11) is -3.71. The van der Waals surface area contributed by atoms with E-state index in [1.165, 1.54) is 29.5 Å². The van der Waals surface area contributed by atoms with Crippen molar-refractivity contribution in [2.24, 2.45) is 0 Å². The van der Waals surface area contributed by atoms with Gasteiger partial charge < -0.3 is 5.11 Å². The summed E-state index contributed by atoms with van der Waals surface area (Å²) in [5.41, 5.74) is 0.0680. The molecule has 7 heteroatoms. The maximum Gasteiger partial charge on any atom is 0.241 e. The summed E-state index contributed by atoms with van der Waals surface area (Å²) in [5.74, 6) is -0.563. The van der Waals surface area contributed by atoms with Gasteiger partial charge in [-0.3, -0.25) is 0 Å². The molecule has 0 saturated carbocycles. The summed E-state index contributed by atoms with van der Waals surface area (Å²) in [6.45, 7) is 3.27. The summed E-state index contributed by atoms with van der Waals surface area (Å²) in [6.07, 6.45) is -1.24. The second-order valence-electron chi connectivity index (χ2n) is 4.67. The first kappa shape index (κ1) is 16.1. The molecule has 1 atom stereocenters. The van der Waals surface area contributed by atoms with Crippen molar-refractivity contribution in [3.8, 4) is 0 Å². The van der Waals surface area contributed by atoms with Crippen LogP contribution in [0.4, 0.5) is 4.39 Å². The molecule has 114 valence electrons. The zero-order valence-corrected chi connectivity index (χ0v) is 13.3. The predicted octanol–water partition coefficient (Wildman–Crippen LogP) is 2.52. The Morgan fingerprint density at radius 2 is 2.00 bits per heavy atom. The van der Waals surface area contributed by atoms with Crippen LogP contribution in [-0.4, -0.2) is 20.1 Å². The SMILES string of the molecule is Cc1cc(S(=O)(=O)NCC(O)c2ccccc2F)c(C)s1. The van der Waals surface area contributed by atoms with Gasteiger partial charge in [-0.05, 0) is 26.0 Å². The third kappa shape index (κ3) is 3.68. The van der Waals surface area contributed by atoms with Crippen molar-refractivity contribution < 1.29 is 17.9 Å². The number of benzene rings is 1. The number of hydrogen-bond acceptors (Lipinski definition) is 4. The lowest BCUT2D eigenvalue weighted by Crippen LogP contribution is -2.29. The molecule has 0 saturated heterocycles. The lowest BCUT2D eigenvalue weighted by molar-refractivity contribution is 0.177. The fraction of sp³-hybridized carbons (Fsp3) is 0.286. The van der Waals surface area contributed by atoms with E-state index in [0.717, 1.165) is 4.88 Å². The highest BCUT2D eigenvalue weighted by Crippen LogP contribution is 2.25. The van der Waals surface area contributed by atoms with Gasteiger partial charge >= 0.3 is 0 Å². The number of halogens is 1. The van der Waals surface area contributed by atoms with Crippen LogP contribution in [0.1, 0.15) is 21.4 Å². The number of aryl methyl sites for hydroxylation is 2. The van der Waals surface area contributed by atoms with Gasteiger partial charge in [-0.25, -0.2) is 17.5 Å². The van der Waals surface area contributed by atoms with Gasteiger partial charge in [0.05, 0.1) is 11.0 Å². The van der Waals surface area contributed by atoms with E-state index in [-0.39, 0.29) is 17.0 Å². The molecule has 1 aromatic carbocycles. The molecule has 2 rings (SSSR count). The predicted molar refractivity (Wildman–Crippen MR) is 80.3 cm³/mol. The minimum atomic E-state index is -3.71. The molecule has 0 aliphatic carbocycles. The molecule has 0 radical (unpaired) electrons. The Kier molecular flexibility index (Phi) is 4.77. The smallest absolute Gasteiger partial charge is 0.241 e. The van der Waals surface area contributed by atoms with E-state index in [0.29, 0.717) is 4.88 Å². The molecule has 21 heavy (non-hydrogen) atoms. The summed E-state index contributed by atoms with van der Waals surface area (Å²) >= 11 is 1.39. The molecule has 0 spiro atoms. The van der Waals surface area contributed by atoms with Crippen molar-refractivity contribution in [1.29, 1.82) is 0 Å². The van der Waals surface area contributed by atoms with Crippen LogP contribution in [0.2, 0.25) is 0 Å². The Morgan fingerprint density at radius 3 is 2.57 bits per heavy atom. The zero-order valence-electron chi connectivity index (χ0n) is 11.6. The van der Waals surface area contributed by atoms with Crippen LogP contribution in [0.15, 0.2) is 35.2 Å². The third-order valence-corrected chi connectivity index (χ3v) is 5.66. The highest BCUT2D eigenvalue weighted by Gasteiger charge is 2.21. The van der Waals surface area contributed by atoms with Crippen LogP contribution in [0, 0.1) is 19.7 Å².